The van der Waals surface area contributed by atoms with Crippen LogP contribution in [0.15, 0.2) is 23.7 Å². The highest BCUT2D eigenvalue weighted by Gasteiger charge is 2.08. The molecule has 96 valence electrons. The second-order valence-corrected chi connectivity index (χ2v) is 5.03. The Balaban J connectivity index is 1.95. The average Bonchev–Trinajstić information content (AvgIpc) is 2.85. The van der Waals surface area contributed by atoms with Gasteiger partial charge in [-0.05, 0) is 31.0 Å². The van der Waals surface area contributed by atoms with Crippen molar-refractivity contribution in [1.82, 2.24) is 10.3 Å². The van der Waals surface area contributed by atoms with Crippen LogP contribution in [0, 0.1) is 0 Å². The van der Waals surface area contributed by atoms with E-state index in [0.717, 1.165) is 10.2 Å². The lowest BCUT2D eigenvalue weighted by Gasteiger charge is -2.08. The van der Waals surface area contributed by atoms with E-state index in [0.29, 0.717) is 24.9 Å². The number of benzene rings is 1. The van der Waals surface area contributed by atoms with Crippen molar-refractivity contribution in [2.24, 2.45) is 0 Å². The Morgan fingerprint density at radius 3 is 3.17 bits per heavy atom. The lowest BCUT2D eigenvalue weighted by atomic mass is 10.2. The summed E-state index contributed by atoms with van der Waals surface area (Å²) in [6, 6.07) is 5.47. The molecule has 0 aliphatic rings. The third-order valence-electron chi connectivity index (χ3n) is 2.83. The zero-order chi connectivity index (χ0) is 13.0. The van der Waals surface area contributed by atoms with E-state index in [1.54, 1.807) is 11.6 Å². The summed E-state index contributed by atoms with van der Waals surface area (Å²) in [5, 5.41) is 12.2. The highest BCUT2D eigenvalue weighted by Crippen LogP contribution is 2.18. The average molecular weight is 264 g/mol. The second-order valence-electron chi connectivity index (χ2n) is 4.14. The molecular weight excluding hydrogens is 248 g/mol. The maximum Gasteiger partial charge on any atom is 0.251 e. The Hall–Kier alpha value is -1.46. The predicted molar refractivity (Wildman–Crippen MR) is 72.9 cm³/mol. The van der Waals surface area contributed by atoms with Gasteiger partial charge in [-0.1, -0.05) is 6.92 Å². The van der Waals surface area contributed by atoms with Crippen LogP contribution in [0.5, 0.6) is 0 Å². The first-order valence-electron chi connectivity index (χ1n) is 6.00. The minimum absolute atomic E-state index is 0.103. The van der Waals surface area contributed by atoms with Gasteiger partial charge < -0.3 is 10.4 Å². The van der Waals surface area contributed by atoms with Crippen LogP contribution in [0.2, 0.25) is 0 Å². The molecule has 0 fully saturated rings. The fraction of sp³-hybridized carbons (Fsp3) is 0.385. The molecule has 5 heteroatoms. The molecule has 4 nitrogen and oxygen atoms in total. The number of nitrogens with zero attached hydrogens (tertiary/aromatic N) is 1. The van der Waals surface area contributed by atoms with Gasteiger partial charge in [0.1, 0.15) is 0 Å². The number of aromatic nitrogens is 1. The number of aliphatic hydroxyl groups is 1. The molecule has 0 saturated heterocycles. The number of thiazole rings is 1. The number of hydrogen-bond donors (Lipinski definition) is 2. The van der Waals surface area contributed by atoms with Crippen LogP contribution in [0.3, 0.4) is 0 Å². The van der Waals surface area contributed by atoms with Crippen LogP contribution in [0.4, 0.5) is 0 Å². The molecule has 0 radical (unpaired) electrons. The van der Waals surface area contributed by atoms with Gasteiger partial charge in [-0.25, -0.2) is 4.98 Å². The molecule has 2 aromatic rings. The highest BCUT2D eigenvalue weighted by molar-refractivity contribution is 7.16. The van der Waals surface area contributed by atoms with E-state index in [9.17, 15) is 9.90 Å². The van der Waals surface area contributed by atoms with Crippen LogP contribution in [0.25, 0.3) is 10.2 Å². The van der Waals surface area contributed by atoms with Gasteiger partial charge in [0, 0.05) is 12.1 Å². The monoisotopic (exact) mass is 264 g/mol. The Morgan fingerprint density at radius 1 is 1.56 bits per heavy atom. The van der Waals surface area contributed by atoms with Gasteiger partial charge in [0.25, 0.3) is 5.91 Å². The van der Waals surface area contributed by atoms with Gasteiger partial charge >= 0.3 is 0 Å². The molecule has 1 amide bonds. The molecule has 1 aromatic carbocycles. The summed E-state index contributed by atoms with van der Waals surface area (Å²) in [5.41, 5.74) is 3.32. The Labute approximate surface area is 110 Å². The first-order chi connectivity index (χ1) is 8.70. The Kier molecular flexibility index (Phi) is 4.28. The summed E-state index contributed by atoms with van der Waals surface area (Å²) in [7, 11) is 0. The summed E-state index contributed by atoms with van der Waals surface area (Å²) in [6.07, 6.45) is 0.961. The largest absolute Gasteiger partial charge is 0.393 e. The van der Waals surface area contributed by atoms with Gasteiger partial charge in [0.05, 0.1) is 21.8 Å². The fourth-order valence-electron chi connectivity index (χ4n) is 1.65. The normalized spacial score (nSPS) is 12.6. The molecule has 0 aliphatic carbocycles. The lowest BCUT2D eigenvalue weighted by Crippen LogP contribution is -2.26. The van der Waals surface area contributed by atoms with E-state index >= 15 is 0 Å². The smallest absolute Gasteiger partial charge is 0.251 e. The zero-order valence-corrected chi connectivity index (χ0v) is 11.0. The van der Waals surface area contributed by atoms with Crippen LogP contribution in [0.1, 0.15) is 30.1 Å². The number of rotatable bonds is 5. The summed E-state index contributed by atoms with van der Waals surface area (Å²) < 4.78 is 1.01. The minimum Gasteiger partial charge on any atom is -0.393 e. The molecule has 1 unspecified atom stereocenters. The van der Waals surface area contributed by atoms with Crippen molar-refractivity contribution >= 4 is 27.5 Å². The molecule has 2 rings (SSSR count). The van der Waals surface area contributed by atoms with Gasteiger partial charge in [0.2, 0.25) is 0 Å². The fourth-order valence-corrected chi connectivity index (χ4v) is 2.37. The molecule has 0 bridgehead atoms. The van der Waals surface area contributed by atoms with Gasteiger partial charge in [-0.3, -0.25) is 4.79 Å². The van der Waals surface area contributed by atoms with E-state index in [1.807, 2.05) is 19.1 Å². The topological polar surface area (TPSA) is 62.2 Å². The van der Waals surface area contributed by atoms with E-state index < -0.39 is 0 Å². The number of aliphatic hydroxyl groups excluding tert-OH is 1. The van der Waals surface area contributed by atoms with E-state index in [2.05, 4.69) is 10.3 Å². The third kappa shape index (κ3) is 3.05. The molecule has 0 saturated carbocycles. The van der Waals surface area contributed by atoms with Crippen molar-refractivity contribution in [1.29, 1.82) is 0 Å². The van der Waals surface area contributed by atoms with E-state index in [1.165, 1.54) is 11.3 Å². The van der Waals surface area contributed by atoms with Crippen molar-refractivity contribution in [3.63, 3.8) is 0 Å². The summed E-state index contributed by atoms with van der Waals surface area (Å²) in [5.74, 6) is -0.103. The molecule has 0 spiro atoms. The molecule has 0 aliphatic heterocycles. The minimum atomic E-state index is -0.339. The maximum atomic E-state index is 11.9. The van der Waals surface area contributed by atoms with E-state index in [4.69, 9.17) is 0 Å². The van der Waals surface area contributed by atoms with Crippen molar-refractivity contribution in [2.75, 3.05) is 6.54 Å². The van der Waals surface area contributed by atoms with Crippen LogP contribution >= 0.6 is 11.3 Å². The number of hydrogen-bond acceptors (Lipinski definition) is 4. The van der Waals surface area contributed by atoms with Crippen molar-refractivity contribution in [3.05, 3.63) is 29.3 Å². The maximum absolute atomic E-state index is 11.9. The molecule has 2 N–H and O–H groups in total. The van der Waals surface area contributed by atoms with Gasteiger partial charge in [0.15, 0.2) is 0 Å². The number of fused-ring (bicyclic) bond motifs is 1. The molecule has 1 heterocycles. The molecular formula is C13H16N2O2S. The van der Waals surface area contributed by atoms with E-state index in [-0.39, 0.29) is 12.0 Å². The molecule has 18 heavy (non-hydrogen) atoms. The Morgan fingerprint density at radius 2 is 2.39 bits per heavy atom. The summed E-state index contributed by atoms with van der Waals surface area (Å²) in [6.45, 7) is 2.42. The van der Waals surface area contributed by atoms with Crippen molar-refractivity contribution < 1.29 is 9.90 Å². The molecule has 1 atom stereocenters. The number of carbonyl (C=O) groups excluding carboxylic acids is 1. The van der Waals surface area contributed by atoms with Crippen molar-refractivity contribution in [2.45, 2.75) is 25.9 Å². The predicted octanol–water partition coefficient (Wildman–Crippen LogP) is 2.19. The third-order valence-corrected chi connectivity index (χ3v) is 3.62. The second kappa shape index (κ2) is 5.93. The standard InChI is InChI=1S/C13H16N2O2S/c1-2-10(16)5-6-14-13(17)9-3-4-11-12(7-9)18-8-15-11/h3-4,7-8,10,16H,2,5-6H2,1H3,(H,14,17). The summed E-state index contributed by atoms with van der Waals surface area (Å²) in [4.78, 5) is 16.0. The number of nitrogens with one attached hydrogen (secondary N) is 1. The first kappa shape index (κ1) is 13.0. The lowest BCUT2D eigenvalue weighted by molar-refractivity contribution is 0.0942. The van der Waals surface area contributed by atoms with Crippen LogP contribution in [-0.4, -0.2) is 28.6 Å². The SMILES string of the molecule is CCC(O)CCNC(=O)c1ccc2ncsc2c1. The van der Waals surface area contributed by atoms with Crippen LogP contribution in [-0.2, 0) is 0 Å². The van der Waals surface area contributed by atoms with Gasteiger partial charge in [-0.2, -0.15) is 0 Å². The van der Waals surface area contributed by atoms with Crippen LogP contribution < -0.4 is 5.32 Å². The zero-order valence-electron chi connectivity index (χ0n) is 10.2. The quantitative estimate of drug-likeness (QED) is 0.870. The van der Waals surface area contributed by atoms with Crippen molar-refractivity contribution in [3.8, 4) is 0 Å². The highest BCUT2D eigenvalue weighted by atomic mass is 32.1. The molecule has 1 aromatic heterocycles. The first-order valence-corrected chi connectivity index (χ1v) is 6.88. The number of carbonyl (C=O) groups is 1. The summed E-state index contributed by atoms with van der Waals surface area (Å²) >= 11 is 1.52. The Bertz CT molecular complexity index is 539. The van der Waals surface area contributed by atoms with Gasteiger partial charge in [-0.15, -0.1) is 11.3 Å². The number of amides is 1.